The third kappa shape index (κ3) is 4.82. The Bertz CT molecular complexity index is 1130. The Kier molecular flexibility index (Phi) is 9.53. The largest absolute Gasteiger partial charge is 4.00 e. The SMILES string of the molecule is [Br-].[Br-].[Zr+4].c1cc[cH-]c1.c1ccc2[cH-]c(-n3c4c(c5ccccc53)CCCC4)cc2c1. The van der Waals surface area contributed by atoms with E-state index in [4.69, 9.17) is 0 Å². The maximum Gasteiger partial charge on any atom is 4.00 e. The number of hydrogen-bond donors (Lipinski definition) is 0. The predicted octanol–water partition coefficient (Wildman–Crippen LogP) is 0.792. The molecule has 0 saturated carbocycles. The molecule has 1 aromatic heterocycles. The van der Waals surface area contributed by atoms with Gasteiger partial charge in [-0.3, -0.25) is 0 Å². The quantitative estimate of drug-likeness (QED) is 0.251. The summed E-state index contributed by atoms with van der Waals surface area (Å²) < 4.78 is 2.50. The van der Waals surface area contributed by atoms with Crippen LogP contribution in [0.2, 0.25) is 0 Å². The molecule has 0 fully saturated rings. The fourth-order valence-corrected chi connectivity index (χ4v) is 4.37. The monoisotopic (exact) mass is 597 g/mol. The summed E-state index contributed by atoms with van der Waals surface area (Å²) in [5.74, 6) is 0. The van der Waals surface area contributed by atoms with Crippen LogP contribution in [0.5, 0.6) is 0 Å². The molecule has 1 aliphatic rings. The number of fused-ring (bicyclic) bond motifs is 4. The van der Waals surface area contributed by atoms with Crippen molar-refractivity contribution in [1.29, 1.82) is 0 Å². The Morgan fingerprint density at radius 2 is 1.47 bits per heavy atom. The summed E-state index contributed by atoms with van der Waals surface area (Å²) in [6, 6.07) is 32.2. The van der Waals surface area contributed by atoms with Crippen LogP contribution in [0.25, 0.3) is 27.4 Å². The number of nitrogens with zero attached hydrogens (tertiary/aromatic N) is 1. The van der Waals surface area contributed by atoms with Crippen LogP contribution < -0.4 is 34.0 Å². The summed E-state index contributed by atoms with van der Waals surface area (Å²) in [5, 5.41) is 4.11. The third-order valence-electron chi connectivity index (χ3n) is 5.60. The molecule has 150 valence electrons. The van der Waals surface area contributed by atoms with Crippen molar-refractivity contribution >= 4 is 21.7 Å². The zero-order valence-corrected chi connectivity index (χ0v) is 22.3. The molecule has 0 atom stereocenters. The second-order valence-electron chi connectivity index (χ2n) is 7.29. The fraction of sp³-hybridized carbons (Fsp3) is 0.154. The van der Waals surface area contributed by atoms with Crippen molar-refractivity contribution in [3.8, 4) is 5.69 Å². The number of aromatic nitrogens is 1. The molecule has 0 spiro atoms. The van der Waals surface area contributed by atoms with Gasteiger partial charge >= 0.3 is 26.2 Å². The Morgan fingerprint density at radius 3 is 2.20 bits per heavy atom. The van der Waals surface area contributed by atoms with Crippen LogP contribution in [-0.2, 0) is 39.0 Å². The summed E-state index contributed by atoms with van der Waals surface area (Å²) >= 11 is 0. The first-order valence-electron chi connectivity index (χ1n) is 9.85. The molecule has 0 N–H and O–H groups in total. The van der Waals surface area contributed by atoms with Gasteiger partial charge in [-0.15, -0.1) is 41.1 Å². The number of para-hydroxylation sites is 1. The normalized spacial score (nSPS) is 12.0. The van der Waals surface area contributed by atoms with Gasteiger partial charge in [0.25, 0.3) is 0 Å². The molecular formula is C26H23Br2NZr. The van der Waals surface area contributed by atoms with E-state index in [1.54, 1.807) is 5.56 Å². The number of halogens is 2. The van der Waals surface area contributed by atoms with E-state index >= 15 is 0 Å². The number of hydrogen-bond acceptors (Lipinski definition) is 0. The van der Waals surface area contributed by atoms with Gasteiger partial charge in [0.15, 0.2) is 0 Å². The Labute approximate surface area is 218 Å². The molecule has 0 bridgehead atoms. The summed E-state index contributed by atoms with van der Waals surface area (Å²) in [4.78, 5) is 0. The van der Waals surface area contributed by atoms with E-state index in [2.05, 4.69) is 65.2 Å². The van der Waals surface area contributed by atoms with Crippen molar-refractivity contribution < 1.29 is 60.2 Å². The van der Waals surface area contributed by atoms with Gasteiger partial charge in [-0.05, 0) is 43.0 Å². The van der Waals surface area contributed by atoms with Crippen molar-refractivity contribution in [2.24, 2.45) is 0 Å². The molecule has 0 saturated heterocycles. The summed E-state index contributed by atoms with van der Waals surface area (Å²) in [5.41, 5.74) is 5.79. The Hall–Kier alpha value is -1.22. The van der Waals surface area contributed by atoms with Crippen molar-refractivity contribution in [2.75, 3.05) is 0 Å². The molecule has 0 aliphatic heterocycles. The average Bonchev–Trinajstić information content (AvgIpc) is 3.46. The van der Waals surface area contributed by atoms with Crippen LogP contribution in [-0.4, -0.2) is 4.57 Å². The van der Waals surface area contributed by atoms with Gasteiger partial charge in [0.1, 0.15) is 0 Å². The second-order valence-corrected chi connectivity index (χ2v) is 7.29. The van der Waals surface area contributed by atoms with E-state index in [9.17, 15) is 0 Å². The first kappa shape index (κ1) is 25.0. The van der Waals surface area contributed by atoms with E-state index in [-0.39, 0.29) is 60.2 Å². The molecule has 30 heavy (non-hydrogen) atoms. The third-order valence-corrected chi connectivity index (χ3v) is 5.60. The topological polar surface area (TPSA) is 4.93 Å². The minimum absolute atomic E-state index is 0. The van der Waals surface area contributed by atoms with Crippen LogP contribution >= 0.6 is 0 Å². The van der Waals surface area contributed by atoms with Gasteiger partial charge in [-0.25, -0.2) is 12.1 Å². The van der Waals surface area contributed by atoms with Crippen LogP contribution in [0.3, 0.4) is 0 Å². The summed E-state index contributed by atoms with van der Waals surface area (Å²) in [7, 11) is 0. The number of rotatable bonds is 1. The van der Waals surface area contributed by atoms with Gasteiger partial charge in [0, 0.05) is 11.1 Å². The molecule has 4 aromatic carbocycles. The maximum atomic E-state index is 2.50. The van der Waals surface area contributed by atoms with Gasteiger partial charge in [0.2, 0.25) is 0 Å². The van der Waals surface area contributed by atoms with E-state index in [1.165, 1.54) is 58.7 Å². The predicted molar refractivity (Wildman–Crippen MR) is 115 cm³/mol. The zero-order valence-electron chi connectivity index (χ0n) is 16.7. The van der Waals surface area contributed by atoms with E-state index in [1.807, 2.05) is 30.3 Å². The van der Waals surface area contributed by atoms with Crippen LogP contribution in [0.4, 0.5) is 0 Å². The molecule has 0 amide bonds. The van der Waals surface area contributed by atoms with E-state index in [0.717, 1.165) is 0 Å². The summed E-state index contributed by atoms with van der Waals surface area (Å²) in [6.45, 7) is 0. The maximum absolute atomic E-state index is 2.50. The molecular weight excluding hydrogens is 577 g/mol. The average molecular weight is 601 g/mol. The van der Waals surface area contributed by atoms with Gasteiger partial charge in [-0.2, -0.15) is 18.2 Å². The molecule has 5 aromatic rings. The zero-order chi connectivity index (χ0) is 18.1. The molecule has 0 radical (unpaired) electrons. The van der Waals surface area contributed by atoms with Gasteiger partial charge in [-0.1, -0.05) is 24.3 Å². The minimum Gasteiger partial charge on any atom is -1.00 e. The molecule has 1 aliphatic carbocycles. The van der Waals surface area contributed by atoms with E-state index < -0.39 is 0 Å². The number of benzene rings is 2. The van der Waals surface area contributed by atoms with Gasteiger partial charge in [0.05, 0.1) is 5.52 Å². The molecule has 4 heteroatoms. The van der Waals surface area contributed by atoms with Crippen molar-refractivity contribution in [1.82, 2.24) is 4.57 Å². The van der Waals surface area contributed by atoms with Crippen LogP contribution in [0.15, 0.2) is 91.0 Å². The molecule has 1 nitrogen and oxygen atoms in total. The molecule has 6 rings (SSSR count). The molecule has 1 heterocycles. The Morgan fingerprint density at radius 1 is 0.767 bits per heavy atom. The summed E-state index contributed by atoms with van der Waals surface area (Å²) in [6.07, 6.45) is 5.06. The van der Waals surface area contributed by atoms with Crippen LogP contribution in [0.1, 0.15) is 24.1 Å². The first-order chi connectivity index (χ1) is 13.4. The molecule has 0 unspecified atom stereocenters. The second kappa shape index (κ2) is 11.4. The minimum atomic E-state index is 0. The number of aryl methyl sites for hydroxylation is 1. The smallest absolute Gasteiger partial charge is 1.00 e. The first-order valence-corrected chi connectivity index (χ1v) is 9.85. The van der Waals surface area contributed by atoms with Crippen molar-refractivity contribution in [2.45, 2.75) is 25.7 Å². The fourth-order valence-electron chi connectivity index (χ4n) is 4.37. The standard InChI is InChI=1S/C21H18N.C5H5.2BrH.Zr/c1-2-8-16-14-17(13-15(16)7-1)22-20-11-5-3-9-18(20)19-10-4-6-12-21(19)22;1-2-4-5-3-1;;;/h1-3,5,7-9,11,13-14H,4,6,10,12H2;1-5H;2*1H;/q2*-1;;;+4/p-2. The van der Waals surface area contributed by atoms with Crippen molar-refractivity contribution in [3.63, 3.8) is 0 Å². The van der Waals surface area contributed by atoms with Crippen molar-refractivity contribution in [3.05, 3.63) is 102 Å². The Balaban J connectivity index is 0.000000356. The van der Waals surface area contributed by atoms with Crippen LogP contribution in [0, 0.1) is 0 Å². The van der Waals surface area contributed by atoms with Gasteiger partial charge < -0.3 is 38.5 Å². The van der Waals surface area contributed by atoms with E-state index in [0.29, 0.717) is 0 Å².